The number of phenolic OH excluding ortho intramolecular Hbond substituents is 1. The molecule has 2 aromatic carbocycles. The molecule has 1 N–H and O–H groups in total. The number of nitrogens with zero attached hydrogens (tertiary/aromatic N) is 2. The molecule has 9 nitrogen and oxygen atoms in total. The number of fused-ring (bicyclic) bond motifs is 4. The first-order valence-corrected chi connectivity index (χ1v) is 16.0. The summed E-state index contributed by atoms with van der Waals surface area (Å²) in [4.78, 5) is 53.7. The van der Waals surface area contributed by atoms with Gasteiger partial charge in [-0.2, -0.15) is 0 Å². The third kappa shape index (κ3) is 3.85. The first-order chi connectivity index (χ1) is 19.9. The van der Waals surface area contributed by atoms with Crippen LogP contribution in [0.1, 0.15) is 24.3 Å². The molecule has 6 rings (SSSR count). The molecule has 2 aliphatic heterocycles. The van der Waals surface area contributed by atoms with E-state index in [-0.39, 0.29) is 41.5 Å². The number of halogens is 4. The predicted octanol–water partition coefficient (Wildman–Crippen LogP) is 4.93. The second-order valence-corrected chi connectivity index (χ2v) is 13.7. The number of carbonyl (C=O) groups excluding carboxylic acids is 4. The molecule has 42 heavy (non-hydrogen) atoms. The smallest absolute Gasteiger partial charge is 0.254 e. The van der Waals surface area contributed by atoms with Gasteiger partial charge in [0.15, 0.2) is 21.2 Å². The number of aromatic hydroxyl groups is 1. The van der Waals surface area contributed by atoms with E-state index in [9.17, 15) is 24.3 Å². The van der Waals surface area contributed by atoms with E-state index < -0.39 is 51.1 Å². The number of rotatable bonds is 5. The number of benzene rings is 2. The standard InChI is InChI=1S/C29H24BrCl2IN2O7/c1-41-19-9-13(10-20(42-2)23(19)36)22-16-7-8-17-21(25(38)35(24(17)37)15-5-3-14(33)4-6-15)18(16)11-28(31)26(39)34(12-30)27(40)29(22,28)32/h3-7,9-10,17-18,21-22,36H,8,11-12H2,1-2H3/t17-,18+,21-,22-,28+,29-/m0/s1. The SMILES string of the molecule is COc1cc([C@H]2C3=CC[C@@H]4C(=O)N(c5ccc(I)cc5)C(=O)[C@@H]4[C@@H]3C[C@@]3(Cl)C(=O)N(CBr)C(=O)[C@@]23Cl)cc(OC)c1O. The van der Waals surface area contributed by atoms with Gasteiger partial charge in [0.05, 0.1) is 37.2 Å². The lowest BCUT2D eigenvalue weighted by atomic mass is 9.56. The van der Waals surface area contributed by atoms with Crippen LogP contribution in [0.4, 0.5) is 5.69 Å². The topological polar surface area (TPSA) is 113 Å². The van der Waals surface area contributed by atoms with E-state index in [1.165, 1.54) is 31.3 Å². The van der Waals surface area contributed by atoms with Gasteiger partial charge in [0, 0.05) is 9.49 Å². The van der Waals surface area contributed by atoms with Crippen molar-refractivity contribution >= 4 is 91.0 Å². The van der Waals surface area contributed by atoms with Crippen LogP contribution in [0.15, 0.2) is 48.0 Å². The maximum absolute atomic E-state index is 14.1. The molecule has 2 aliphatic carbocycles. The zero-order chi connectivity index (χ0) is 30.3. The summed E-state index contributed by atoms with van der Waals surface area (Å²) in [5, 5.41) is 10.6. The van der Waals surface area contributed by atoms with Crippen LogP contribution in [-0.4, -0.2) is 63.1 Å². The van der Waals surface area contributed by atoms with Gasteiger partial charge < -0.3 is 14.6 Å². The number of likely N-dealkylation sites (tertiary alicyclic amines) is 1. The van der Waals surface area contributed by atoms with Gasteiger partial charge in [-0.1, -0.05) is 27.6 Å². The van der Waals surface area contributed by atoms with Crippen molar-refractivity contribution in [1.82, 2.24) is 4.90 Å². The molecule has 2 saturated heterocycles. The van der Waals surface area contributed by atoms with Gasteiger partial charge in [-0.05, 0) is 83.3 Å². The monoisotopic (exact) mass is 788 g/mol. The molecule has 0 bridgehead atoms. The zero-order valence-electron chi connectivity index (χ0n) is 22.3. The second kappa shape index (κ2) is 10.4. The normalized spacial score (nSPS) is 32.0. The number of anilines is 1. The van der Waals surface area contributed by atoms with E-state index in [1.807, 2.05) is 18.2 Å². The van der Waals surface area contributed by atoms with Gasteiger partial charge in [-0.15, -0.1) is 23.2 Å². The summed E-state index contributed by atoms with van der Waals surface area (Å²) in [6.07, 6.45) is 1.96. The highest BCUT2D eigenvalue weighted by molar-refractivity contribution is 14.1. The highest BCUT2D eigenvalue weighted by Crippen LogP contribution is 2.66. The molecule has 2 heterocycles. The lowest BCUT2D eigenvalue weighted by Gasteiger charge is -2.50. The summed E-state index contributed by atoms with van der Waals surface area (Å²) in [6.45, 7) is 0. The van der Waals surface area contributed by atoms with E-state index in [2.05, 4.69) is 38.5 Å². The van der Waals surface area contributed by atoms with Gasteiger partial charge in [-0.25, -0.2) is 0 Å². The molecule has 1 saturated carbocycles. The summed E-state index contributed by atoms with van der Waals surface area (Å²) in [5.41, 5.74) is 1.36. The van der Waals surface area contributed by atoms with Crippen molar-refractivity contribution in [3.63, 3.8) is 0 Å². The van der Waals surface area contributed by atoms with Crippen molar-refractivity contribution in [2.45, 2.75) is 28.5 Å². The molecule has 220 valence electrons. The molecule has 6 atom stereocenters. The fraction of sp³-hybridized carbons (Fsp3) is 0.379. The highest BCUT2D eigenvalue weighted by Gasteiger charge is 2.76. The molecule has 13 heteroatoms. The lowest BCUT2D eigenvalue weighted by Crippen LogP contribution is -2.60. The van der Waals surface area contributed by atoms with Crippen molar-refractivity contribution in [3.8, 4) is 17.2 Å². The van der Waals surface area contributed by atoms with Crippen molar-refractivity contribution in [2.24, 2.45) is 17.8 Å². The average molecular weight is 790 g/mol. The van der Waals surface area contributed by atoms with E-state index in [0.717, 1.165) is 8.47 Å². The van der Waals surface area contributed by atoms with Crippen LogP contribution in [0.3, 0.4) is 0 Å². The van der Waals surface area contributed by atoms with E-state index in [4.69, 9.17) is 32.7 Å². The number of imide groups is 2. The molecule has 0 aromatic heterocycles. The maximum Gasteiger partial charge on any atom is 0.254 e. The number of hydrogen-bond donors (Lipinski definition) is 1. The van der Waals surface area contributed by atoms with Gasteiger partial charge in [-0.3, -0.25) is 29.0 Å². The quantitative estimate of drug-likeness (QED) is 0.150. The fourth-order valence-electron chi connectivity index (χ4n) is 7.05. The Morgan fingerprint density at radius 1 is 1.00 bits per heavy atom. The van der Waals surface area contributed by atoms with Crippen LogP contribution in [-0.2, 0) is 19.2 Å². The summed E-state index contributed by atoms with van der Waals surface area (Å²) in [7, 11) is 2.74. The molecule has 0 unspecified atom stereocenters. The minimum atomic E-state index is -1.98. The number of hydrogen-bond acceptors (Lipinski definition) is 7. The Balaban J connectivity index is 1.55. The third-order valence-electron chi connectivity index (χ3n) is 8.94. The molecule has 4 amide bonds. The number of ether oxygens (including phenoxy) is 2. The molecule has 0 spiro atoms. The first kappa shape index (κ1) is 29.7. The number of phenols is 1. The van der Waals surface area contributed by atoms with E-state index in [0.29, 0.717) is 16.8 Å². The lowest BCUT2D eigenvalue weighted by molar-refractivity contribution is -0.138. The summed E-state index contributed by atoms with van der Waals surface area (Å²) in [5.74, 6) is -5.41. The molecular formula is C29H24BrCl2IN2O7. The Kier molecular flexibility index (Phi) is 7.34. The van der Waals surface area contributed by atoms with E-state index in [1.54, 1.807) is 12.1 Å². The van der Waals surface area contributed by atoms with Crippen molar-refractivity contribution in [1.29, 1.82) is 0 Å². The van der Waals surface area contributed by atoms with Gasteiger partial charge in [0.1, 0.15) is 0 Å². The fourth-order valence-corrected chi connectivity index (χ4v) is 8.84. The summed E-state index contributed by atoms with van der Waals surface area (Å²) >= 11 is 19.9. The van der Waals surface area contributed by atoms with Crippen LogP contribution < -0.4 is 14.4 Å². The number of allylic oxidation sites excluding steroid dienone is 2. The van der Waals surface area contributed by atoms with Crippen molar-refractivity contribution < 1.29 is 33.8 Å². The Morgan fingerprint density at radius 3 is 2.19 bits per heavy atom. The molecule has 0 radical (unpaired) electrons. The molecule has 4 aliphatic rings. The minimum absolute atomic E-state index is 0.0623. The minimum Gasteiger partial charge on any atom is -0.502 e. The Bertz CT molecular complexity index is 1560. The van der Waals surface area contributed by atoms with Crippen molar-refractivity contribution in [3.05, 3.63) is 57.2 Å². The van der Waals surface area contributed by atoms with Crippen molar-refractivity contribution in [2.75, 3.05) is 24.6 Å². The van der Waals surface area contributed by atoms with Gasteiger partial charge in [0.25, 0.3) is 11.8 Å². The van der Waals surface area contributed by atoms with Crippen LogP contribution in [0, 0.1) is 21.3 Å². The second-order valence-electron chi connectivity index (χ2n) is 10.7. The van der Waals surface area contributed by atoms with E-state index >= 15 is 0 Å². The number of amides is 4. The van der Waals surface area contributed by atoms with Crippen LogP contribution in [0.2, 0.25) is 0 Å². The predicted molar refractivity (Wildman–Crippen MR) is 166 cm³/mol. The number of carbonyl (C=O) groups is 4. The maximum atomic E-state index is 14.1. The molecule has 2 aromatic rings. The molecular weight excluding hydrogens is 766 g/mol. The van der Waals surface area contributed by atoms with Crippen LogP contribution in [0.5, 0.6) is 17.2 Å². The van der Waals surface area contributed by atoms with Gasteiger partial charge >= 0.3 is 0 Å². The Hall–Kier alpha value is -2.35. The highest BCUT2D eigenvalue weighted by atomic mass is 127. The first-order valence-electron chi connectivity index (χ1n) is 13.0. The van der Waals surface area contributed by atoms with Crippen LogP contribution >= 0.6 is 61.7 Å². The summed E-state index contributed by atoms with van der Waals surface area (Å²) < 4.78 is 11.7. The number of methoxy groups -OCH3 is 2. The zero-order valence-corrected chi connectivity index (χ0v) is 27.5. The molecule has 3 fully saturated rings. The number of alkyl halides is 3. The summed E-state index contributed by atoms with van der Waals surface area (Å²) in [6, 6.07) is 10.1. The average Bonchev–Trinajstić information content (AvgIpc) is 3.31. The third-order valence-corrected chi connectivity index (χ3v) is 11.6. The largest absolute Gasteiger partial charge is 0.502 e. The Labute approximate surface area is 273 Å². The van der Waals surface area contributed by atoms with Gasteiger partial charge in [0.2, 0.25) is 17.6 Å². The Morgan fingerprint density at radius 2 is 1.62 bits per heavy atom. The van der Waals surface area contributed by atoms with Crippen LogP contribution in [0.25, 0.3) is 0 Å².